The van der Waals surface area contributed by atoms with Gasteiger partial charge in [-0.3, -0.25) is 4.99 Å². The van der Waals surface area contributed by atoms with Gasteiger partial charge in [-0.1, -0.05) is 71.4 Å². The standard InChI is InChI=1S/C28H44N2S/c1-21(22(2)16-23(3)27(4,5)6)10-9-15-31-26(20-29-8)12-11-24-13-14-30-19-25-18-28(25,7)17-24/h9-10,13-14,16-17,20-21,23,25,30H,8,11-12,15,18-19H2,1-7H3/b10-9+,14-13?,22-16+,24-17?,26-20-. The molecular weight excluding hydrogens is 396 g/mol. The molecule has 31 heavy (non-hydrogen) atoms. The normalized spacial score (nSPS) is 26.4. The number of hydrogen-bond acceptors (Lipinski definition) is 3. The molecule has 0 spiro atoms. The topological polar surface area (TPSA) is 24.4 Å². The van der Waals surface area contributed by atoms with Gasteiger partial charge in [0.1, 0.15) is 0 Å². The van der Waals surface area contributed by atoms with Crippen LogP contribution in [0, 0.1) is 28.6 Å². The number of thioether (sulfide) groups is 1. The lowest BCUT2D eigenvalue weighted by Gasteiger charge is -2.25. The highest BCUT2D eigenvalue weighted by Crippen LogP contribution is 2.54. The molecule has 0 radical (unpaired) electrons. The summed E-state index contributed by atoms with van der Waals surface area (Å²) in [5.74, 6) is 2.82. The van der Waals surface area contributed by atoms with Crippen LogP contribution in [0.4, 0.5) is 0 Å². The van der Waals surface area contributed by atoms with Crippen LogP contribution >= 0.6 is 11.8 Å². The quantitative estimate of drug-likeness (QED) is 0.275. The molecule has 2 aliphatic rings. The number of allylic oxidation sites excluding steroid dienone is 7. The SMILES string of the molecule is C=N/C=C(/CCC1=CC2(C)CC2CNC=C1)SC/C=C/C(C)/C(C)=C/C(C)C(C)(C)C. The van der Waals surface area contributed by atoms with Crippen molar-refractivity contribution in [3.63, 3.8) is 0 Å². The third-order valence-electron chi connectivity index (χ3n) is 7.04. The number of nitrogens with one attached hydrogen (secondary N) is 1. The molecule has 1 heterocycles. The Bertz CT molecular complexity index is 762. The maximum atomic E-state index is 4.05. The van der Waals surface area contributed by atoms with Gasteiger partial charge in [0, 0.05) is 23.4 Å². The Morgan fingerprint density at radius 3 is 2.81 bits per heavy atom. The molecule has 0 amide bonds. The van der Waals surface area contributed by atoms with Gasteiger partial charge in [-0.2, -0.15) is 0 Å². The van der Waals surface area contributed by atoms with Crippen LogP contribution in [0.1, 0.15) is 67.7 Å². The van der Waals surface area contributed by atoms with E-state index in [2.05, 4.69) is 102 Å². The van der Waals surface area contributed by atoms with Gasteiger partial charge in [-0.25, -0.2) is 0 Å². The van der Waals surface area contributed by atoms with E-state index >= 15 is 0 Å². The molecule has 0 saturated heterocycles. The van der Waals surface area contributed by atoms with Crippen LogP contribution in [0.3, 0.4) is 0 Å². The molecule has 0 aromatic carbocycles. The first kappa shape index (κ1) is 25.8. The van der Waals surface area contributed by atoms with E-state index in [4.69, 9.17) is 0 Å². The maximum Gasteiger partial charge on any atom is 0.0355 e. The molecular formula is C28H44N2S. The zero-order valence-corrected chi connectivity index (χ0v) is 21.7. The van der Waals surface area contributed by atoms with Crippen molar-refractivity contribution in [2.75, 3.05) is 12.3 Å². The van der Waals surface area contributed by atoms with Gasteiger partial charge in [-0.15, -0.1) is 11.8 Å². The first-order valence-electron chi connectivity index (χ1n) is 11.8. The highest BCUT2D eigenvalue weighted by molar-refractivity contribution is 8.03. The van der Waals surface area contributed by atoms with Gasteiger partial charge in [0.25, 0.3) is 0 Å². The molecule has 1 aliphatic carbocycles. The van der Waals surface area contributed by atoms with Crippen LogP contribution in [-0.2, 0) is 0 Å². The fraction of sp³-hybridized carbons (Fsp3) is 0.607. The lowest BCUT2D eigenvalue weighted by Crippen LogP contribution is -2.15. The molecule has 172 valence electrons. The molecule has 2 rings (SSSR count). The Morgan fingerprint density at radius 1 is 1.39 bits per heavy atom. The van der Waals surface area contributed by atoms with Gasteiger partial charge in [0.2, 0.25) is 0 Å². The highest BCUT2D eigenvalue weighted by atomic mass is 32.2. The fourth-order valence-electron chi connectivity index (χ4n) is 3.86. The zero-order chi connectivity index (χ0) is 23.1. The van der Waals surface area contributed by atoms with Crippen molar-refractivity contribution in [3.05, 3.63) is 58.8 Å². The lowest BCUT2D eigenvalue weighted by molar-refractivity contribution is 0.312. The number of aliphatic imine (C=N–C) groups is 1. The predicted octanol–water partition coefficient (Wildman–Crippen LogP) is 7.93. The Hall–Kier alpha value is -1.48. The highest BCUT2D eigenvalue weighted by Gasteiger charge is 2.47. The van der Waals surface area contributed by atoms with E-state index in [1.165, 1.54) is 22.5 Å². The van der Waals surface area contributed by atoms with Crippen molar-refractivity contribution in [3.8, 4) is 0 Å². The van der Waals surface area contributed by atoms with Gasteiger partial charge in [0.15, 0.2) is 0 Å². The second-order valence-electron chi connectivity index (χ2n) is 10.7. The summed E-state index contributed by atoms with van der Waals surface area (Å²) < 4.78 is 0. The van der Waals surface area contributed by atoms with Crippen molar-refractivity contribution in [2.24, 2.45) is 33.6 Å². The summed E-state index contributed by atoms with van der Waals surface area (Å²) in [5.41, 5.74) is 3.60. The summed E-state index contributed by atoms with van der Waals surface area (Å²) in [7, 11) is 0. The van der Waals surface area contributed by atoms with Crippen molar-refractivity contribution in [1.82, 2.24) is 5.32 Å². The van der Waals surface area contributed by atoms with Crippen LogP contribution in [-0.4, -0.2) is 19.0 Å². The average Bonchev–Trinajstić information content (AvgIpc) is 3.30. The summed E-state index contributed by atoms with van der Waals surface area (Å²) in [6.07, 6.45) is 19.3. The summed E-state index contributed by atoms with van der Waals surface area (Å²) in [5, 5.41) is 3.44. The summed E-state index contributed by atoms with van der Waals surface area (Å²) in [6.45, 7) is 21.0. The molecule has 1 saturated carbocycles. The molecule has 0 bridgehead atoms. The Labute approximate surface area is 196 Å². The number of fused-ring (bicyclic) bond motifs is 1. The van der Waals surface area contributed by atoms with E-state index in [1.54, 1.807) is 0 Å². The second kappa shape index (κ2) is 11.4. The summed E-state index contributed by atoms with van der Waals surface area (Å²) in [4.78, 5) is 5.36. The van der Waals surface area contributed by atoms with Gasteiger partial charge in [-0.05, 0) is 79.3 Å². The van der Waals surface area contributed by atoms with Crippen molar-refractivity contribution >= 4 is 18.5 Å². The van der Waals surface area contributed by atoms with Crippen molar-refractivity contribution in [2.45, 2.75) is 67.7 Å². The summed E-state index contributed by atoms with van der Waals surface area (Å²) in [6, 6.07) is 0. The second-order valence-corrected chi connectivity index (χ2v) is 11.9. The molecule has 0 aromatic rings. The van der Waals surface area contributed by atoms with E-state index in [0.717, 1.165) is 31.1 Å². The van der Waals surface area contributed by atoms with Gasteiger partial charge >= 0.3 is 0 Å². The Morgan fingerprint density at radius 2 is 2.13 bits per heavy atom. The van der Waals surface area contributed by atoms with Crippen LogP contribution in [0.2, 0.25) is 0 Å². The third-order valence-corrected chi connectivity index (χ3v) is 8.08. The molecule has 1 fully saturated rings. The molecule has 0 aromatic heterocycles. The largest absolute Gasteiger partial charge is 0.391 e. The molecule has 3 heteroatoms. The number of nitrogens with zero attached hydrogens (tertiary/aromatic N) is 1. The van der Waals surface area contributed by atoms with Gasteiger partial charge < -0.3 is 5.32 Å². The van der Waals surface area contributed by atoms with Crippen molar-refractivity contribution in [1.29, 1.82) is 0 Å². The van der Waals surface area contributed by atoms with E-state index in [1.807, 2.05) is 18.0 Å². The maximum absolute atomic E-state index is 4.05. The minimum atomic E-state index is 0.312. The van der Waals surface area contributed by atoms with E-state index in [-0.39, 0.29) is 0 Å². The van der Waals surface area contributed by atoms with Crippen LogP contribution in [0.25, 0.3) is 0 Å². The Balaban J connectivity index is 1.85. The molecule has 4 atom stereocenters. The molecule has 2 nitrogen and oxygen atoms in total. The number of rotatable bonds is 10. The number of hydrogen-bond donors (Lipinski definition) is 1. The fourth-order valence-corrected chi connectivity index (χ4v) is 4.68. The van der Waals surface area contributed by atoms with E-state index in [9.17, 15) is 0 Å². The minimum Gasteiger partial charge on any atom is -0.391 e. The van der Waals surface area contributed by atoms with E-state index in [0.29, 0.717) is 22.7 Å². The van der Waals surface area contributed by atoms with E-state index < -0.39 is 0 Å². The zero-order valence-electron chi connectivity index (χ0n) is 20.9. The molecule has 1 N–H and O–H groups in total. The summed E-state index contributed by atoms with van der Waals surface area (Å²) >= 11 is 1.88. The van der Waals surface area contributed by atoms with Crippen LogP contribution in [0.15, 0.2) is 63.8 Å². The van der Waals surface area contributed by atoms with Gasteiger partial charge in [0.05, 0.1) is 0 Å². The van der Waals surface area contributed by atoms with Crippen LogP contribution < -0.4 is 5.32 Å². The van der Waals surface area contributed by atoms with Crippen molar-refractivity contribution < 1.29 is 0 Å². The minimum absolute atomic E-state index is 0.312. The first-order valence-corrected chi connectivity index (χ1v) is 12.8. The van der Waals surface area contributed by atoms with Crippen LogP contribution in [0.5, 0.6) is 0 Å². The third kappa shape index (κ3) is 8.52. The Kier molecular flexibility index (Phi) is 9.48. The predicted molar refractivity (Wildman–Crippen MR) is 141 cm³/mol. The molecule has 1 aliphatic heterocycles. The first-order chi connectivity index (χ1) is 14.5. The lowest BCUT2D eigenvalue weighted by atomic mass is 9.80. The smallest absolute Gasteiger partial charge is 0.0355 e. The average molecular weight is 441 g/mol. The molecule has 4 unspecified atom stereocenters. The monoisotopic (exact) mass is 440 g/mol.